The molecule has 9 heteroatoms. The number of benzene rings is 1. The van der Waals surface area contributed by atoms with Crippen molar-refractivity contribution in [3.05, 3.63) is 33.9 Å². The van der Waals surface area contributed by atoms with Crippen molar-refractivity contribution >= 4 is 23.9 Å². The maximum absolute atomic E-state index is 13.0. The highest BCUT2D eigenvalue weighted by Crippen LogP contribution is 2.69. The Bertz CT molecular complexity index is 1080. The first-order chi connectivity index (χ1) is 15.2. The fourth-order valence-corrected chi connectivity index (χ4v) is 6.71. The smallest absolute Gasteiger partial charge is 0.342 e. The number of esters is 1. The van der Waals surface area contributed by atoms with Crippen LogP contribution in [0, 0.1) is 23.7 Å². The van der Waals surface area contributed by atoms with E-state index >= 15 is 0 Å². The molecule has 1 aromatic rings. The first kappa shape index (κ1) is 24.0. The number of methoxy groups -OCH3 is 1. The van der Waals surface area contributed by atoms with Crippen LogP contribution in [0.1, 0.15) is 49.5 Å². The van der Waals surface area contributed by atoms with Crippen molar-refractivity contribution in [2.75, 3.05) is 7.11 Å². The number of carbonyl (C=O) groups excluding carboxylic acids is 2. The summed E-state index contributed by atoms with van der Waals surface area (Å²) in [5.74, 6) is -1.90. The number of aromatic hydroxyl groups is 1. The Kier molecular flexibility index (Phi) is 5.23. The molecular formula is C24H29ClO8. The van der Waals surface area contributed by atoms with Crippen LogP contribution in [0.5, 0.6) is 11.5 Å². The third kappa shape index (κ3) is 2.94. The van der Waals surface area contributed by atoms with Gasteiger partial charge >= 0.3 is 5.97 Å². The third-order valence-corrected chi connectivity index (χ3v) is 8.59. The first-order valence-electron chi connectivity index (χ1n) is 10.8. The number of carbonyl (C=O) groups is 2. The summed E-state index contributed by atoms with van der Waals surface area (Å²) in [6, 6.07) is 1.19. The number of rotatable bonds is 4. The molecule has 0 aliphatic heterocycles. The van der Waals surface area contributed by atoms with Crippen LogP contribution in [0.15, 0.2) is 17.7 Å². The molecule has 1 aromatic carbocycles. The van der Waals surface area contributed by atoms with Gasteiger partial charge in [0, 0.05) is 23.0 Å². The predicted octanol–water partition coefficient (Wildman–Crippen LogP) is 2.31. The lowest BCUT2D eigenvalue weighted by atomic mass is 9.43. The second-order valence-corrected chi connectivity index (χ2v) is 10.9. The molecule has 33 heavy (non-hydrogen) atoms. The maximum Gasteiger partial charge on any atom is 0.342 e. The minimum Gasteiger partial charge on any atom is -0.507 e. The Labute approximate surface area is 196 Å². The molecule has 8 nitrogen and oxygen atoms in total. The lowest BCUT2D eigenvalue weighted by molar-refractivity contribution is -0.272. The third-order valence-electron chi connectivity index (χ3n) is 8.12. The highest BCUT2D eigenvalue weighted by molar-refractivity contribution is 6.33. The Hall–Kier alpha value is -2.13. The molecular weight excluding hydrogens is 452 g/mol. The number of hydrogen-bond acceptors (Lipinski definition) is 8. The molecule has 180 valence electrons. The van der Waals surface area contributed by atoms with E-state index in [0.717, 1.165) is 0 Å². The van der Waals surface area contributed by atoms with Gasteiger partial charge in [-0.05, 0) is 36.8 Å². The summed E-state index contributed by atoms with van der Waals surface area (Å²) in [5, 5.41) is 44.6. The Morgan fingerprint density at radius 2 is 1.91 bits per heavy atom. The van der Waals surface area contributed by atoms with Crippen molar-refractivity contribution in [3.63, 3.8) is 0 Å². The first-order valence-corrected chi connectivity index (χ1v) is 11.1. The van der Waals surface area contributed by atoms with Crippen molar-refractivity contribution in [1.29, 1.82) is 0 Å². The van der Waals surface area contributed by atoms with Crippen LogP contribution in [0.3, 0.4) is 0 Å². The standard InChI is InChI=1S/C24H29ClO8/c1-11-16(13(27)6-14(32-5)17(11)25)20(29)33-15-8-22(4)18-19(28)21(2,3)10-23(18,30)7-12(9-26)24(15,22)31/h6-7,9,15,18-19,27-28,30-31H,8,10H2,1-5H3/t15-,18-,19-,22-,23+,24+/m1/s1. The summed E-state index contributed by atoms with van der Waals surface area (Å²) >= 11 is 6.22. The quantitative estimate of drug-likeness (QED) is 0.381. The summed E-state index contributed by atoms with van der Waals surface area (Å²) < 4.78 is 10.7. The van der Waals surface area contributed by atoms with Crippen LogP contribution in [0.2, 0.25) is 5.02 Å². The van der Waals surface area contributed by atoms with E-state index in [4.69, 9.17) is 21.1 Å². The number of aliphatic hydroxyl groups excluding tert-OH is 1. The minimum atomic E-state index is -1.91. The minimum absolute atomic E-state index is 0.0913. The van der Waals surface area contributed by atoms with Gasteiger partial charge < -0.3 is 29.9 Å². The molecule has 2 saturated carbocycles. The van der Waals surface area contributed by atoms with Crippen molar-refractivity contribution < 1.29 is 39.5 Å². The number of hydrogen-bond donors (Lipinski definition) is 4. The van der Waals surface area contributed by atoms with E-state index in [-0.39, 0.29) is 40.3 Å². The van der Waals surface area contributed by atoms with Crippen LogP contribution >= 0.6 is 11.6 Å². The maximum atomic E-state index is 13.0. The van der Waals surface area contributed by atoms with E-state index < -0.39 is 51.9 Å². The van der Waals surface area contributed by atoms with Gasteiger partial charge in [-0.2, -0.15) is 0 Å². The van der Waals surface area contributed by atoms with Crippen molar-refractivity contribution in [2.45, 2.75) is 63.9 Å². The van der Waals surface area contributed by atoms with Crippen molar-refractivity contribution in [3.8, 4) is 11.5 Å². The predicted molar refractivity (Wildman–Crippen MR) is 118 cm³/mol. The molecule has 0 radical (unpaired) electrons. The molecule has 2 fully saturated rings. The molecule has 0 amide bonds. The monoisotopic (exact) mass is 480 g/mol. The van der Waals surface area contributed by atoms with Gasteiger partial charge in [-0.15, -0.1) is 0 Å². The van der Waals surface area contributed by atoms with Gasteiger partial charge in [0.1, 0.15) is 35.1 Å². The van der Waals surface area contributed by atoms with Crippen LogP contribution < -0.4 is 4.74 Å². The van der Waals surface area contributed by atoms with Crippen molar-refractivity contribution in [1.82, 2.24) is 0 Å². The van der Waals surface area contributed by atoms with Crippen LogP contribution in [0.4, 0.5) is 0 Å². The topological polar surface area (TPSA) is 134 Å². The summed E-state index contributed by atoms with van der Waals surface area (Å²) in [7, 11) is 1.37. The SMILES string of the molecule is COc1cc(O)c(C(=O)O[C@@H]2C[C@]3(C)[C@H]4[C@@H](O)C(C)(C)C[C@@]4(O)C=C(C=O)[C@]23O)c(C)c1Cl. The van der Waals surface area contributed by atoms with E-state index in [1.165, 1.54) is 26.2 Å². The second kappa shape index (κ2) is 7.18. The van der Waals surface area contributed by atoms with Crippen LogP contribution in [-0.4, -0.2) is 63.2 Å². The molecule has 0 saturated heterocycles. The average Bonchev–Trinajstić information content (AvgIpc) is 2.91. The average molecular weight is 481 g/mol. The summed E-state index contributed by atoms with van der Waals surface area (Å²) in [4.78, 5) is 25.0. The number of fused-ring (bicyclic) bond motifs is 3. The van der Waals surface area contributed by atoms with E-state index in [1.807, 2.05) is 13.8 Å². The number of phenols is 1. The Morgan fingerprint density at radius 1 is 1.27 bits per heavy atom. The zero-order valence-corrected chi connectivity index (χ0v) is 19.9. The van der Waals surface area contributed by atoms with Gasteiger partial charge in [-0.1, -0.05) is 32.4 Å². The molecule has 3 aliphatic carbocycles. The number of ether oxygens (including phenoxy) is 2. The lowest BCUT2D eigenvalue weighted by Gasteiger charge is -2.66. The van der Waals surface area contributed by atoms with Gasteiger partial charge in [-0.25, -0.2) is 4.79 Å². The van der Waals surface area contributed by atoms with E-state index in [0.29, 0.717) is 6.29 Å². The second-order valence-electron chi connectivity index (χ2n) is 10.5. The number of halogens is 1. The van der Waals surface area contributed by atoms with Crippen LogP contribution in [0.25, 0.3) is 0 Å². The van der Waals surface area contributed by atoms with Gasteiger partial charge in [0.05, 0.1) is 23.8 Å². The zero-order chi connectivity index (χ0) is 24.7. The molecule has 0 unspecified atom stereocenters. The number of aldehydes is 1. The van der Waals surface area contributed by atoms with Gasteiger partial charge in [0.2, 0.25) is 0 Å². The van der Waals surface area contributed by atoms with E-state index in [1.54, 1.807) is 6.92 Å². The molecule has 0 heterocycles. The fraction of sp³-hybridized carbons (Fsp3) is 0.583. The zero-order valence-electron chi connectivity index (χ0n) is 19.2. The highest BCUT2D eigenvalue weighted by atomic mass is 35.5. The van der Waals surface area contributed by atoms with Gasteiger partial charge in [-0.3, -0.25) is 4.79 Å². The highest BCUT2D eigenvalue weighted by Gasteiger charge is 2.77. The summed E-state index contributed by atoms with van der Waals surface area (Å²) in [6.07, 6.45) is -0.00604. The molecule has 0 aromatic heterocycles. The summed E-state index contributed by atoms with van der Waals surface area (Å²) in [5.41, 5.74) is -5.20. The molecule has 4 rings (SSSR count). The Morgan fingerprint density at radius 3 is 2.48 bits per heavy atom. The summed E-state index contributed by atoms with van der Waals surface area (Å²) in [6.45, 7) is 6.84. The molecule has 0 bridgehead atoms. The normalized spacial score (nSPS) is 38.5. The Balaban J connectivity index is 1.71. The fourth-order valence-electron chi connectivity index (χ4n) is 6.49. The van der Waals surface area contributed by atoms with Crippen LogP contribution in [-0.2, 0) is 9.53 Å². The molecule has 6 atom stereocenters. The molecule has 0 spiro atoms. The number of phenolic OH excluding ortho intramolecular Hbond substituents is 1. The molecule has 4 N–H and O–H groups in total. The van der Waals surface area contributed by atoms with E-state index in [9.17, 15) is 30.0 Å². The van der Waals surface area contributed by atoms with E-state index in [2.05, 4.69) is 0 Å². The van der Waals surface area contributed by atoms with Gasteiger partial charge in [0.15, 0.2) is 0 Å². The largest absolute Gasteiger partial charge is 0.507 e. The van der Waals surface area contributed by atoms with Crippen molar-refractivity contribution in [2.24, 2.45) is 16.7 Å². The lowest BCUT2D eigenvalue weighted by Crippen LogP contribution is -2.76. The molecule has 3 aliphatic rings. The number of aliphatic hydroxyl groups is 3. The van der Waals surface area contributed by atoms with Gasteiger partial charge in [0.25, 0.3) is 0 Å².